The van der Waals surface area contributed by atoms with Crippen molar-refractivity contribution in [2.24, 2.45) is 4.99 Å². The lowest BCUT2D eigenvalue weighted by atomic mass is 10.2. The van der Waals surface area contributed by atoms with Crippen LogP contribution >= 0.6 is 24.0 Å². The molecule has 1 fully saturated rings. The van der Waals surface area contributed by atoms with Gasteiger partial charge in [-0.2, -0.15) is 0 Å². The highest BCUT2D eigenvalue weighted by Crippen LogP contribution is 2.26. The summed E-state index contributed by atoms with van der Waals surface area (Å²) in [5.41, 5.74) is 1.20. The summed E-state index contributed by atoms with van der Waals surface area (Å²) in [5, 5.41) is 6.45. The quantitative estimate of drug-likeness (QED) is 0.275. The Balaban J connectivity index is 0.00000306. The molecule has 1 atom stereocenters. The Bertz CT molecular complexity index is 1110. The lowest BCUT2D eigenvalue weighted by Gasteiger charge is -2.21. The normalized spacial score (nSPS) is 16.0. The largest absolute Gasteiger partial charge is 0.365 e. The maximum atomic E-state index is 14.6. The molecule has 6 nitrogen and oxygen atoms in total. The maximum Gasteiger partial charge on any atom is 0.191 e. The van der Waals surface area contributed by atoms with Crippen molar-refractivity contribution in [3.05, 3.63) is 77.6 Å². The summed E-state index contributed by atoms with van der Waals surface area (Å²) in [7, 11) is 1.64. The first kappa shape index (κ1) is 24.9. The molecule has 0 radical (unpaired) electrons. The molecule has 176 valence electrons. The maximum absolute atomic E-state index is 14.6. The van der Waals surface area contributed by atoms with Crippen molar-refractivity contribution in [2.75, 3.05) is 25.0 Å². The van der Waals surface area contributed by atoms with E-state index in [4.69, 9.17) is 0 Å². The highest BCUT2D eigenvalue weighted by atomic mass is 127. The lowest BCUT2D eigenvalue weighted by molar-refractivity contribution is 0.575. The number of guanidine groups is 1. The van der Waals surface area contributed by atoms with Gasteiger partial charge in [-0.05, 0) is 43.2 Å². The summed E-state index contributed by atoms with van der Waals surface area (Å²) in [4.78, 5) is 10.0. The summed E-state index contributed by atoms with van der Waals surface area (Å²) < 4.78 is 44.4. The van der Waals surface area contributed by atoms with Gasteiger partial charge < -0.3 is 20.1 Å². The molecule has 2 heterocycles. The van der Waals surface area contributed by atoms with Crippen LogP contribution in [-0.4, -0.2) is 41.7 Å². The van der Waals surface area contributed by atoms with Crippen molar-refractivity contribution in [1.29, 1.82) is 0 Å². The summed E-state index contributed by atoms with van der Waals surface area (Å²) in [6.45, 7) is 3.17. The fourth-order valence-corrected chi connectivity index (χ4v) is 3.93. The van der Waals surface area contributed by atoms with Gasteiger partial charge in [0.25, 0.3) is 0 Å². The predicted molar refractivity (Wildman–Crippen MR) is 134 cm³/mol. The molecule has 2 aromatic carbocycles. The molecule has 1 aromatic heterocycles. The molecule has 1 aliphatic rings. The van der Waals surface area contributed by atoms with E-state index in [2.05, 4.69) is 20.6 Å². The number of para-hydroxylation sites is 1. The van der Waals surface area contributed by atoms with E-state index < -0.39 is 11.6 Å². The zero-order valence-corrected chi connectivity index (χ0v) is 20.7. The van der Waals surface area contributed by atoms with Gasteiger partial charge in [-0.15, -0.1) is 24.0 Å². The van der Waals surface area contributed by atoms with E-state index in [0.29, 0.717) is 43.5 Å². The summed E-state index contributed by atoms with van der Waals surface area (Å²) in [6.07, 6.45) is 4.06. The highest BCUT2D eigenvalue weighted by Gasteiger charge is 2.27. The molecule has 0 saturated carbocycles. The van der Waals surface area contributed by atoms with Crippen LogP contribution in [0.5, 0.6) is 0 Å². The van der Waals surface area contributed by atoms with Gasteiger partial charge in [0.1, 0.15) is 29.0 Å². The van der Waals surface area contributed by atoms with Gasteiger partial charge in [0.15, 0.2) is 5.96 Å². The third-order valence-corrected chi connectivity index (χ3v) is 5.56. The Morgan fingerprint density at radius 2 is 1.91 bits per heavy atom. The Morgan fingerprint density at radius 3 is 2.55 bits per heavy atom. The molecule has 0 aliphatic carbocycles. The first-order chi connectivity index (χ1) is 15.5. The van der Waals surface area contributed by atoms with E-state index in [9.17, 15) is 13.2 Å². The summed E-state index contributed by atoms with van der Waals surface area (Å²) >= 11 is 0. The second kappa shape index (κ2) is 10.9. The molecule has 3 aromatic rings. The smallest absolute Gasteiger partial charge is 0.191 e. The van der Waals surface area contributed by atoms with Crippen LogP contribution in [0.3, 0.4) is 0 Å². The Labute approximate surface area is 207 Å². The van der Waals surface area contributed by atoms with Gasteiger partial charge >= 0.3 is 0 Å². The molecular formula is C23H26F3IN6. The summed E-state index contributed by atoms with van der Waals surface area (Å²) in [6, 6.07) is 8.90. The Morgan fingerprint density at radius 1 is 1.15 bits per heavy atom. The number of nitrogens with zero attached hydrogens (tertiary/aromatic N) is 4. The van der Waals surface area contributed by atoms with Crippen molar-refractivity contribution >= 4 is 35.6 Å². The molecule has 0 bridgehead atoms. The van der Waals surface area contributed by atoms with Crippen molar-refractivity contribution in [3.8, 4) is 5.69 Å². The number of aromatic nitrogens is 2. The molecule has 4 rings (SSSR count). The van der Waals surface area contributed by atoms with Gasteiger partial charge in [-0.1, -0.05) is 12.1 Å². The summed E-state index contributed by atoms with van der Waals surface area (Å²) in [5.74, 6) is -0.221. The van der Waals surface area contributed by atoms with Crippen molar-refractivity contribution in [2.45, 2.75) is 25.9 Å². The van der Waals surface area contributed by atoms with Crippen LogP contribution in [0.25, 0.3) is 5.69 Å². The van der Waals surface area contributed by atoms with Crippen LogP contribution in [0.4, 0.5) is 18.9 Å². The number of aryl methyl sites for hydroxylation is 1. The average Bonchev–Trinajstić information content (AvgIpc) is 3.40. The zero-order valence-electron chi connectivity index (χ0n) is 18.4. The number of hydrogen-bond acceptors (Lipinski definition) is 3. The molecule has 10 heteroatoms. The van der Waals surface area contributed by atoms with E-state index >= 15 is 0 Å². The van der Waals surface area contributed by atoms with Gasteiger partial charge in [0.2, 0.25) is 0 Å². The van der Waals surface area contributed by atoms with Gasteiger partial charge in [-0.3, -0.25) is 4.99 Å². The number of halogens is 4. The van der Waals surface area contributed by atoms with Crippen molar-refractivity contribution < 1.29 is 13.2 Å². The number of anilines is 1. The highest BCUT2D eigenvalue weighted by molar-refractivity contribution is 14.0. The molecule has 0 amide bonds. The topological polar surface area (TPSA) is 57.5 Å². The first-order valence-electron chi connectivity index (χ1n) is 10.4. The Kier molecular flexibility index (Phi) is 8.22. The van der Waals surface area contributed by atoms with E-state index in [1.165, 1.54) is 24.3 Å². The fourth-order valence-electron chi connectivity index (χ4n) is 3.93. The van der Waals surface area contributed by atoms with E-state index in [0.717, 1.165) is 5.56 Å². The van der Waals surface area contributed by atoms with Crippen LogP contribution in [0.2, 0.25) is 0 Å². The monoisotopic (exact) mass is 570 g/mol. The number of nitrogens with one attached hydrogen (secondary N) is 2. The van der Waals surface area contributed by atoms with E-state index in [1.807, 2.05) is 13.0 Å². The standard InChI is InChI=1S/C23H25F3N6.HI/c1-15-28-9-11-32(15)21-7-6-16(12-20(21)26)13-29-23(27-2)30-17-8-10-31(14-17)22-18(24)4-3-5-19(22)25;/h3-7,9,11-12,17H,8,10,13-14H2,1-2H3,(H2,27,29,30);1H. The van der Waals surface area contributed by atoms with Gasteiger partial charge in [0, 0.05) is 45.1 Å². The third kappa shape index (κ3) is 5.60. The van der Waals surface area contributed by atoms with Crippen molar-refractivity contribution in [3.63, 3.8) is 0 Å². The van der Waals surface area contributed by atoms with Gasteiger partial charge in [-0.25, -0.2) is 18.2 Å². The van der Waals surface area contributed by atoms with Crippen molar-refractivity contribution in [1.82, 2.24) is 20.2 Å². The number of hydrogen-bond donors (Lipinski definition) is 2. The lowest BCUT2D eigenvalue weighted by Crippen LogP contribution is -2.44. The number of aliphatic imine (C=N–C) groups is 1. The molecule has 0 spiro atoms. The van der Waals surface area contributed by atoms with Crippen LogP contribution in [0, 0.1) is 24.4 Å². The van der Waals surface area contributed by atoms with E-state index in [-0.39, 0.29) is 41.5 Å². The van der Waals surface area contributed by atoms with Crippen LogP contribution < -0.4 is 15.5 Å². The molecule has 1 unspecified atom stereocenters. The predicted octanol–water partition coefficient (Wildman–Crippen LogP) is 4.16. The minimum absolute atomic E-state index is 0. The van der Waals surface area contributed by atoms with Crippen LogP contribution in [0.15, 0.2) is 53.8 Å². The second-order valence-corrected chi connectivity index (χ2v) is 7.70. The molecule has 2 N–H and O–H groups in total. The van der Waals surface area contributed by atoms with Gasteiger partial charge in [0.05, 0.1) is 5.69 Å². The molecule has 1 aliphatic heterocycles. The Hall–Kier alpha value is -2.76. The van der Waals surface area contributed by atoms with E-state index in [1.54, 1.807) is 35.0 Å². The second-order valence-electron chi connectivity index (χ2n) is 7.70. The van der Waals surface area contributed by atoms with Crippen LogP contribution in [-0.2, 0) is 6.54 Å². The SMILES string of the molecule is CN=C(NCc1ccc(-n2ccnc2C)c(F)c1)NC1CCN(c2c(F)cccc2F)C1.I. The average molecular weight is 570 g/mol. The minimum Gasteiger partial charge on any atom is -0.365 e. The molecular weight excluding hydrogens is 544 g/mol. The molecule has 33 heavy (non-hydrogen) atoms. The number of rotatable bonds is 5. The zero-order chi connectivity index (χ0) is 22.7. The third-order valence-electron chi connectivity index (χ3n) is 5.56. The minimum atomic E-state index is -0.565. The number of benzene rings is 2. The first-order valence-corrected chi connectivity index (χ1v) is 10.4. The molecule has 1 saturated heterocycles. The van der Waals surface area contributed by atoms with Crippen LogP contribution in [0.1, 0.15) is 17.8 Å². The fraction of sp³-hybridized carbons (Fsp3) is 0.304. The number of imidazole rings is 1.